The van der Waals surface area contributed by atoms with Crippen LogP contribution in [0.4, 0.5) is 4.39 Å². The summed E-state index contributed by atoms with van der Waals surface area (Å²) in [6.45, 7) is 3.97. The molecule has 3 heteroatoms. The maximum Gasteiger partial charge on any atom is 0.202 e. The third kappa shape index (κ3) is 3.37. The first-order valence-electron chi connectivity index (χ1n) is 3.99. The van der Waals surface area contributed by atoms with E-state index in [1.165, 1.54) is 7.05 Å². The molecule has 2 N–H and O–H groups in total. The number of allylic oxidation sites excluding steroid dienone is 1. The van der Waals surface area contributed by atoms with E-state index >= 15 is 0 Å². The molecule has 2 nitrogen and oxygen atoms in total. The zero-order valence-electron chi connectivity index (χ0n) is 7.52. The van der Waals surface area contributed by atoms with Gasteiger partial charge in [-0.05, 0) is 18.4 Å². The van der Waals surface area contributed by atoms with Gasteiger partial charge in [-0.1, -0.05) is 20.3 Å². The number of halogens is 1. The predicted molar refractivity (Wildman–Crippen MR) is 45.3 cm³/mol. The second kappa shape index (κ2) is 5.13. The van der Waals surface area contributed by atoms with Crippen molar-refractivity contribution in [2.75, 3.05) is 7.05 Å². The van der Waals surface area contributed by atoms with Crippen molar-refractivity contribution in [1.29, 1.82) is 0 Å². The summed E-state index contributed by atoms with van der Waals surface area (Å²) in [6.07, 6.45) is 2.50. The van der Waals surface area contributed by atoms with Gasteiger partial charge >= 0.3 is 0 Å². The molecule has 0 saturated heterocycles. The van der Waals surface area contributed by atoms with E-state index in [9.17, 15) is 4.39 Å². The van der Waals surface area contributed by atoms with Crippen molar-refractivity contribution in [3.63, 3.8) is 0 Å². The second-order valence-corrected chi connectivity index (χ2v) is 2.61. The van der Waals surface area contributed by atoms with Crippen LogP contribution in [0.3, 0.4) is 0 Å². The first-order valence-corrected chi connectivity index (χ1v) is 3.99. The Hall–Kier alpha value is -0.570. The molecule has 0 aromatic heterocycles. The fourth-order valence-electron chi connectivity index (χ4n) is 0.977. The summed E-state index contributed by atoms with van der Waals surface area (Å²) >= 11 is 0. The van der Waals surface area contributed by atoms with Crippen molar-refractivity contribution in [2.45, 2.75) is 33.1 Å². The topological polar surface area (TPSA) is 29.3 Å². The maximum atomic E-state index is 13.1. The van der Waals surface area contributed by atoms with Gasteiger partial charge in [0.2, 0.25) is 5.95 Å². The number of nitrogens with zero attached hydrogens (tertiary/aromatic N) is 1. The molecule has 0 atom stereocenters. The van der Waals surface area contributed by atoms with Gasteiger partial charge in [-0.3, -0.25) is 5.01 Å². The summed E-state index contributed by atoms with van der Waals surface area (Å²) < 4.78 is 13.1. The van der Waals surface area contributed by atoms with Crippen LogP contribution >= 0.6 is 0 Å². The molecule has 0 unspecified atom stereocenters. The Morgan fingerprint density at radius 1 is 1.45 bits per heavy atom. The van der Waals surface area contributed by atoms with E-state index < -0.39 is 0 Å². The highest BCUT2D eigenvalue weighted by Crippen LogP contribution is 2.16. The molecular formula is C8H17FN2. The van der Waals surface area contributed by atoms with Crippen LogP contribution in [0.25, 0.3) is 0 Å². The fourth-order valence-corrected chi connectivity index (χ4v) is 0.977. The molecule has 0 radical (unpaired) electrons. The van der Waals surface area contributed by atoms with Gasteiger partial charge in [-0.15, -0.1) is 0 Å². The Bertz CT molecular complexity index is 141. The molecule has 0 spiro atoms. The van der Waals surface area contributed by atoms with Crippen LogP contribution in [0.5, 0.6) is 0 Å². The van der Waals surface area contributed by atoms with Gasteiger partial charge in [0.25, 0.3) is 0 Å². The Morgan fingerprint density at radius 3 is 2.27 bits per heavy atom. The molecule has 0 fully saturated rings. The summed E-state index contributed by atoms with van der Waals surface area (Å²) in [7, 11) is 1.51. The van der Waals surface area contributed by atoms with Crippen LogP contribution in [-0.4, -0.2) is 12.1 Å². The van der Waals surface area contributed by atoms with Gasteiger partial charge in [0.05, 0.1) is 0 Å². The van der Waals surface area contributed by atoms with E-state index in [0.29, 0.717) is 0 Å². The van der Waals surface area contributed by atoms with Crippen LogP contribution in [0.15, 0.2) is 11.5 Å². The molecule has 66 valence electrons. The van der Waals surface area contributed by atoms with Gasteiger partial charge in [-0.25, -0.2) is 5.84 Å². The molecule has 11 heavy (non-hydrogen) atoms. The van der Waals surface area contributed by atoms with Crippen LogP contribution in [0.2, 0.25) is 0 Å². The largest absolute Gasteiger partial charge is 0.290 e. The van der Waals surface area contributed by atoms with Crippen molar-refractivity contribution in [2.24, 2.45) is 5.84 Å². The standard InChI is InChI=1S/C8H17FN2/c1-4-6-7(5-2)8(9)11(3)10/h4-6,10H2,1-3H3/b8-7-. The van der Waals surface area contributed by atoms with E-state index in [1.807, 2.05) is 13.8 Å². The number of rotatable bonds is 4. The lowest BCUT2D eigenvalue weighted by molar-refractivity contribution is 0.319. The summed E-state index contributed by atoms with van der Waals surface area (Å²) in [4.78, 5) is 0. The lowest BCUT2D eigenvalue weighted by atomic mass is 10.1. The van der Waals surface area contributed by atoms with Gasteiger partial charge in [0.1, 0.15) is 0 Å². The van der Waals surface area contributed by atoms with Crippen molar-refractivity contribution in [3.05, 3.63) is 11.5 Å². The minimum atomic E-state index is -0.283. The van der Waals surface area contributed by atoms with Crippen molar-refractivity contribution in [3.8, 4) is 0 Å². The average Bonchev–Trinajstić information content (AvgIpc) is 1.98. The molecule has 0 bridgehead atoms. The third-order valence-corrected chi connectivity index (χ3v) is 1.58. The van der Waals surface area contributed by atoms with Gasteiger partial charge in [0.15, 0.2) is 0 Å². The molecule has 0 amide bonds. The Morgan fingerprint density at radius 2 is 2.00 bits per heavy atom. The van der Waals surface area contributed by atoms with Crippen molar-refractivity contribution >= 4 is 0 Å². The number of hydrogen-bond acceptors (Lipinski definition) is 2. The Balaban J connectivity index is 4.27. The average molecular weight is 160 g/mol. The van der Waals surface area contributed by atoms with Gasteiger partial charge in [-0.2, -0.15) is 4.39 Å². The highest BCUT2D eigenvalue weighted by molar-refractivity contribution is 5.05. The van der Waals surface area contributed by atoms with Crippen LogP contribution in [-0.2, 0) is 0 Å². The summed E-state index contributed by atoms with van der Waals surface area (Å²) in [5.41, 5.74) is 0.803. The number of hydrogen-bond donors (Lipinski definition) is 1. The molecule has 0 rings (SSSR count). The smallest absolute Gasteiger partial charge is 0.202 e. The van der Waals surface area contributed by atoms with Crippen molar-refractivity contribution < 1.29 is 4.39 Å². The first kappa shape index (κ1) is 10.4. The molecular weight excluding hydrogens is 143 g/mol. The lowest BCUT2D eigenvalue weighted by Crippen LogP contribution is -2.24. The number of nitrogens with two attached hydrogens (primary N) is 1. The van der Waals surface area contributed by atoms with E-state index in [2.05, 4.69) is 0 Å². The third-order valence-electron chi connectivity index (χ3n) is 1.58. The predicted octanol–water partition coefficient (Wildman–Crippen LogP) is 2.18. The van der Waals surface area contributed by atoms with E-state index in [4.69, 9.17) is 5.84 Å². The van der Waals surface area contributed by atoms with Crippen LogP contribution in [0.1, 0.15) is 33.1 Å². The summed E-state index contributed by atoms with van der Waals surface area (Å²) in [5.74, 6) is 4.96. The molecule has 0 aliphatic rings. The quantitative estimate of drug-likeness (QED) is 0.388. The van der Waals surface area contributed by atoms with E-state index in [1.54, 1.807) is 0 Å². The highest BCUT2D eigenvalue weighted by atomic mass is 19.1. The van der Waals surface area contributed by atoms with Gasteiger partial charge in [0, 0.05) is 7.05 Å². The van der Waals surface area contributed by atoms with Crippen LogP contribution in [0, 0.1) is 0 Å². The van der Waals surface area contributed by atoms with E-state index in [0.717, 1.165) is 29.8 Å². The minimum absolute atomic E-state index is 0.283. The molecule has 0 aliphatic carbocycles. The van der Waals surface area contributed by atoms with E-state index in [-0.39, 0.29) is 5.95 Å². The normalized spacial score (nSPS) is 12.8. The molecule has 0 heterocycles. The zero-order valence-corrected chi connectivity index (χ0v) is 7.52. The van der Waals surface area contributed by atoms with Crippen LogP contribution < -0.4 is 5.84 Å². The molecule has 0 aliphatic heterocycles. The molecule has 0 saturated carbocycles. The van der Waals surface area contributed by atoms with Crippen molar-refractivity contribution in [1.82, 2.24) is 5.01 Å². The summed E-state index contributed by atoms with van der Waals surface area (Å²) in [6, 6.07) is 0. The zero-order chi connectivity index (χ0) is 8.85. The Labute approximate surface area is 67.8 Å². The second-order valence-electron chi connectivity index (χ2n) is 2.61. The lowest BCUT2D eigenvalue weighted by Gasteiger charge is -2.12. The maximum absolute atomic E-state index is 13.1. The summed E-state index contributed by atoms with van der Waals surface area (Å²) in [5, 5.41) is 1.04. The highest BCUT2D eigenvalue weighted by Gasteiger charge is 2.05. The van der Waals surface area contributed by atoms with Gasteiger partial charge < -0.3 is 0 Å². The SMILES string of the molecule is CCC/C(CC)=C(/F)N(C)N. The fraction of sp³-hybridized carbons (Fsp3) is 0.750. The monoisotopic (exact) mass is 160 g/mol. The molecule has 0 aromatic carbocycles. The first-order chi connectivity index (χ1) is 5.13. The Kier molecular flexibility index (Phi) is 4.86. The minimum Gasteiger partial charge on any atom is -0.290 e. The molecule has 0 aromatic rings. The number of hydrazine groups is 1.